The minimum atomic E-state index is 0.136. The van der Waals surface area contributed by atoms with Crippen LogP contribution < -0.4 is 4.90 Å². The van der Waals surface area contributed by atoms with Crippen molar-refractivity contribution in [1.82, 2.24) is 9.55 Å². The fraction of sp³-hybridized carbons (Fsp3) is 0.600. The van der Waals surface area contributed by atoms with Gasteiger partial charge in [-0.1, -0.05) is 115 Å². The van der Waals surface area contributed by atoms with Crippen molar-refractivity contribution in [2.24, 2.45) is 0 Å². The zero-order chi connectivity index (χ0) is 27.5. The first kappa shape index (κ1) is 29.4. The highest BCUT2D eigenvalue weighted by molar-refractivity contribution is 5.97. The van der Waals surface area contributed by atoms with Gasteiger partial charge in [0.1, 0.15) is 5.82 Å². The molecule has 1 aliphatic heterocycles. The van der Waals surface area contributed by atoms with E-state index in [9.17, 15) is 4.79 Å². The number of carbonyl (C=O) groups is 1. The summed E-state index contributed by atoms with van der Waals surface area (Å²) in [5.41, 5.74) is 5.66. The van der Waals surface area contributed by atoms with Crippen molar-refractivity contribution in [2.75, 3.05) is 11.4 Å². The Morgan fingerprint density at radius 2 is 1.41 bits per heavy atom. The van der Waals surface area contributed by atoms with E-state index < -0.39 is 0 Å². The quantitative estimate of drug-likeness (QED) is 0.163. The molecular weight excluding hydrogens is 478 g/mol. The average Bonchev–Trinajstić information content (AvgIpc) is 3.50. The molecule has 0 saturated carbocycles. The maximum absolute atomic E-state index is 13.1. The largest absolute Gasteiger partial charge is 0.328 e. The van der Waals surface area contributed by atoms with Crippen molar-refractivity contribution < 1.29 is 4.79 Å². The summed E-state index contributed by atoms with van der Waals surface area (Å²) < 4.78 is 2.42. The Labute approximate surface area is 237 Å². The Morgan fingerprint density at radius 3 is 2.08 bits per heavy atom. The van der Waals surface area contributed by atoms with E-state index in [1.165, 1.54) is 101 Å². The molecule has 0 bridgehead atoms. The molecule has 39 heavy (non-hydrogen) atoms. The third-order valence-corrected chi connectivity index (χ3v) is 8.56. The van der Waals surface area contributed by atoms with Crippen molar-refractivity contribution in [2.45, 2.75) is 130 Å². The fourth-order valence-electron chi connectivity index (χ4n) is 6.23. The molecular formula is C35H51N3O. The number of benzene rings is 2. The molecule has 2 heterocycles. The highest BCUT2D eigenvalue weighted by atomic mass is 16.2. The Kier molecular flexibility index (Phi) is 11.5. The van der Waals surface area contributed by atoms with E-state index >= 15 is 0 Å². The van der Waals surface area contributed by atoms with E-state index in [-0.39, 0.29) is 11.8 Å². The number of amides is 1. The van der Waals surface area contributed by atoms with Crippen LogP contribution >= 0.6 is 0 Å². The van der Waals surface area contributed by atoms with Crippen molar-refractivity contribution in [3.05, 3.63) is 59.4 Å². The molecule has 0 aliphatic carbocycles. The molecule has 4 heteroatoms. The van der Waals surface area contributed by atoms with Crippen LogP contribution in [-0.2, 0) is 11.3 Å². The summed E-state index contributed by atoms with van der Waals surface area (Å²) in [6.07, 6.45) is 19.8. The summed E-state index contributed by atoms with van der Waals surface area (Å²) in [7, 11) is 0. The number of fused-ring (bicyclic) bond motifs is 1. The lowest BCUT2D eigenvalue weighted by Crippen LogP contribution is -2.25. The van der Waals surface area contributed by atoms with Crippen molar-refractivity contribution in [3.63, 3.8) is 0 Å². The van der Waals surface area contributed by atoms with E-state index in [0.29, 0.717) is 13.0 Å². The van der Waals surface area contributed by atoms with Crippen LogP contribution in [0.25, 0.3) is 11.0 Å². The first-order valence-corrected chi connectivity index (χ1v) is 15.9. The first-order chi connectivity index (χ1) is 19.1. The maximum atomic E-state index is 13.1. The number of aromatic nitrogens is 2. The Balaban J connectivity index is 1.25. The SMILES string of the molecule is CCCCCCCCCCCCCCCCn1c(C2CC(=O)N(c3cc(C)ccc3C)C2)nc2ccccc21. The Hall–Kier alpha value is -2.62. The van der Waals surface area contributed by atoms with Crippen LogP contribution in [0.5, 0.6) is 0 Å². The minimum Gasteiger partial charge on any atom is -0.328 e. The molecule has 1 unspecified atom stereocenters. The highest BCUT2D eigenvalue weighted by Gasteiger charge is 2.35. The third-order valence-electron chi connectivity index (χ3n) is 8.56. The van der Waals surface area contributed by atoms with E-state index in [1.807, 2.05) is 4.90 Å². The molecule has 0 N–H and O–H groups in total. The molecule has 1 amide bonds. The summed E-state index contributed by atoms with van der Waals surface area (Å²) in [5, 5.41) is 0. The molecule has 1 atom stereocenters. The van der Waals surface area contributed by atoms with Gasteiger partial charge in [-0.05, 0) is 49.6 Å². The van der Waals surface area contributed by atoms with Gasteiger partial charge in [0.25, 0.3) is 0 Å². The second-order valence-electron chi connectivity index (χ2n) is 11.9. The summed E-state index contributed by atoms with van der Waals surface area (Å²) in [6.45, 7) is 8.18. The molecule has 1 aliphatic rings. The molecule has 4 rings (SSSR count). The zero-order valence-corrected chi connectivity index (χ0v) is 24.9. The van der Waals surface area contributed by atoms with Gasteiger partial charge in [0, 0.05) is 31.1 Å². The predicted octanol–water partition coefficient (Wildman–Crippen LogP) is 9.65. The van der Waals surface area contributed by atoms with Gasteiger partial charge in [-0.2, -0.15) is 0 Å². The van der Waals surface area contributed by atoms with Gasteiger partial charge in [0.2, 0.25) is 5.91 Å². The molecule has 212 valence electrons. The number of aryl methyl sites for hydroxylation is 3. The number of imidazole rings is 1. The lowest BCUT2D eigenvalue weighted by atomic mass is 10.0. The van der Waals surface area contributed by atoms with Gasteiger partial charge in [0.05, 0.1) is 11.0 Å². The van der Waals surface area contributed by atoms with Gasteiger partial charge in [0.15, 0.2) is 0 Å². The number of nitrogens with zero attached hydrogens (tertiary/aromatic N) is 3. The van der Waals surface area contributed by atoms with Crippen LogP contribution in [0, 0.1) is 13.8 Å². The van der Waals surface area contributed by atoms with Gasteiger partial charge in [-0.15, -0.1) is 0 Å². The lowest BCUT2D eigenvalue weighted by molar-refractivity contribution is -0.117. The van der Waals surface area contributed by atoms with E-state index in [4.69, 9.17) is 4.98 Å². The molecule has 0 spiro atoms. The topological polar surface area (TPSA) is 38.1 Å². The van der Waals surface area contributed by atoms with Crippen LogP contribution in [0.15, 0.2) is 42.5 Å². The van der Waals surface area contributed by atoms with Crippen LogP contribution in [0.1, 0.15) is 126 Å². The Bertz CT molecular complexity index is 1180. The summed E-state index contributed by atoms with van der Waals surface area (Å²) in [4.78, 5) is 20.2. The number of unbranched alkanes of at least 4 members (excludes halogenated alkanes) is 13. The maximum Gasteiger partial charge on any atom is 0.227 e. The smallest absolute Gasteiger partial charge is 0.227 e. The van der Waals surface area contributed by atoms with E-state index in [2.05, 4.69) is 67.8 Å². The molecule has 0 radical (unpaired) electrons. The molecule has 2 aromatic carbocycles. The van der Waals surface area contributed by atoms with Gasteiger partial charge in [-0.25, -0.2) is 4.98 Å². The molecule has 1 aromatic heterocycles. The number of carbonyl (C=O) groups excluding carboxylic acids is 1. The van der Waals surface area contributed by atoms with E-state index in [1.54, 1.807) is 0 Å². The van der Waals surface area contributed by atoms with Crippen LogP contribution in [0.3, 0.4) is 0 Å². The van der Waals surface area contributed by atoms with Crippen molar-refractivity contribution in [3.8, 4) is 0 Å². The lowest BCUT2D eigenvalue weighted by Gasteiger charge is -2.20. The first-order valence-electron chi connectivity index (χ1n) is 15.9. The fourth-order valence-corrected chi connectivity index (χ4v) is 6.23. The zero-order valence-electron chi connectivity index (χ0n) is 24.9. The molecule has 1 fully saturated rings. The summed E-state index contributed by atoms with van der Waals surface area (Å²) in [5.74, 6) is 1.44. The standard InChI is InChI=1S/C35H51N3O/c1-4-5-6-7-8-9-10-11-12-13-14-15-16-19-24-37-32-21-18-17-20-31(32)36-35(37)30-26-34(39)38(27-30)33-25-28(2)22-23-29(33)3/h17-18,20-23,25,30H,4-16,19,24,26-27H2,1-3H3. The van der Waals surface area contributed by atoms with Crippen LogP contribution in [-0.4, -0.2) is 22.0 Å². The normalized spacial score (nSPS) is 15.6. The number of rotatable bonds is 17. The van der Waals surface area contributed by atoms with Gasteiger partial charge >= 0.3 is 0 Å². The van der Waals surface area contributed by atoms with Crippen LogP contribution in [0.2, 0.25) is 0 Å². The van der Waals surface area contributed by atoms with Gasteiger partial charge < -0.3 is 9.47 Å². The Morgan fingerprint density at radius 1 is 0.795 bits per heavy atom. The van der Waals surface area contributed by atoms with E-state index in [0.717, 1.165) is 29.1 Å². The highest BCUT2D eigenvalue weighted by Crippen LogP contribution is 2.35. The minimum absolute atomic E-state index is 0.136. The van der Waals surface area contributed by atoms with Crippen molar-refractivity contribution >= 4 is 22.6 Å². The van der Waals surface area contributed by atoms with Gasteiger partial charge in [-0.3, -0.25) is 4.79 Å². The van der Waals surface area contributed by atoms with Crippen molar-refractivity contribution in [1.29, 1.82) is 0 Å². The number of hydrogen-bond acceptors (Lipinski definition) is 2. The summed E-state index contributed by atoms with van der Waals surface area (Å²) in [6, 6.07) is 14.9. The predicted molar refractivity (Wildman–Crippen MR) is 166 cm³/mol. The second kappa shape index (κ2) is 15.2. The average molecular weight is 530 g/mol. The third kappa shape index (κ3) is 8.19. The number of para-hydroxylation sites is 2. The van der Waals surface area contributed by atoms with Crippen LogP contribution in [0.4, 0.5) is 5.69 Å². The summed E-state index contributed by atoms with van der Waals surface area (Å²) >= 11 is 0. The number of anilines is 1. The molecule has 3 aromatic rings. The molecule has 4 nitrogen and oxygen atoms in total. The second-order valence-corrected chi connectivity index (χ2v) is 11.9. The number of hydrogen-bond donors (Lipinski definition) is 0. The monoisotopic (exact) mass is 529 g/mol. The molecule has 1 saturated heterocycles.